The van der Waals surface area contributed by atoms with Crippen LogP contribution in [-0.4, -0.2) is 45.9 Å². The maximum Gasteiger partial charge on any atom is 1.00 e. The van der Waals surface area contributed by atoms with E-state index in [9.17, 15) is 0 Å². The van der Waals surface area contributed by atoms with Crippen LogP contribution in [0.15, 0.2) is 0 Å². The van der Waals surface area contributed by atoms with Gasteiger partial charge >= 0.3 is 57.4 Å². The van der Waals surface area contributed by atoms with Crippen molar-refractivity contribution in [1.29, 1.82) is 0 Å². The molecule has 0 atom stereocenters. The van der Waals surface area contributed by atoms with Crippen LogP contribution >= 0.6 is 0 Å². The summed E-state index contributed by atoms with van der Waals surface area (Å²) in [5.41, 5.74) is 0. The zero-order valence-corrected chi connectivity index (χ0v) is 9.60. The number of aliphatic hydroxyl groups excluding tert-OH is 2. The zero-order chi connectivity index (χ0) is 8.57. The van der Waals surface area contributed by atoms with Gasteiger partial charge in [0.05, 0.1) is 12.6 Å². The summed E-state index contributed by atoms with van der Waals surface area (Å²) in [4.78, 5) is 18.1. The Hall–Kier alpha value is 0.456. The number of rotatable bonds is 2. The van der Waals surface area contributed by atoms with E-state index in [-0.39, 0.29) is 56.9 Å². The molecule has 0 aromatic rings. The van der Waals surface area contributed by atoms with E-state index in [4.69, 9.17) is 30.0 Å². The Morgan fingerprint density at radius 2 is 1.33 bits per heavy atom. The minimum Gasteiger partial charge on any atom is -0.548 e. The molecule has 0 aliphatic carbocycles. The van der Waals surface area contributed by atoms with E-state index in [1.165, 1.54) is 0 Å². The second kappa shape index (κ2) is 17.5. The van der Waals surface area contributed by atoms with Gasteiger partial charge in [0, 0.05) is 0 Å². The van der Waals surface area contributed by atoms with E-state index in [0.29, 0.717) is 0 Å². The van der Waals surface area contributed by atoms with Crippen molar-refractivity contribution in [2.24, 2.45) is 0 Å². The molecule has 0 bridgehead atoms. The first-order valence-corrected chi connectivity index (χ1v) is 2.18. The molecule has 68 valence electrons. The first-order valence-electron chi connectivity index (χ1n) is 2.18. The average Bonchev–Trinajstić information content (AvgIpc) is 1.89. The van der Waals surface area contributed by atoms with Crippen molar-refractivity contribution < 1.29 is 86.9 Å². The van der Waals surface area contributed by atoms with Gasteiger partial charge in [0.2, 0.25) is 0 Å². The molecular weight excluding hydrogens is 199 g/mol. The summed E-state index contributed by atoms with van der Waals surface area (Å²) in [6, 6.07) is 0. The predicted octanol–water partition coefficient (Wildman–Crippen LogP) is -7.03. The largest absolute Gasteiger partial charge is 1.00 e. The molecule has 0 spiro atoms. The Bertz CT molecular complexity index is 100.0. The Kier molecular flexibility index (Phi) is 33.4. The van der Waals surface area contributed by atoms with Crippen molar-refractivity contribution in [3.63, 3.8) is 0 Å². The monoisotopic (exact) mass is 208 g/mol. The third-order valence-corrected chi connectivity index (χ3v) is 0.264. The molecule has 0 aromatic carbocycles. The minimum absolute atomic E-state index is 0. The van der Waals surface area contributed by atoms with Crippen LogP contribution in [0, 0.1) is 0 Å². The van der Waals surface area contributed by atoms with Gasteiger partial charge in [0.25, 0.3) is 0 Å². The van der Waals surface area contributed by atoms with Gasteiger partial charge in [-0.3, -0.25) is 0 Å². The van der Waals surface area contributed by atoms with E-state index in [0.717, 1.165) is 0 Å². The van der Waals surface area contributed by atoms with E-state index in [1.54, 1.807) is 0 Å². The third kappa shape index (κ3) is 47.1. The van der Waals surface area contributed by atoms with Crippen LogP contribution in [-0.2, 0) is 9.59 Å². The first kappa shape index (κ1) is 22.9. The van der Waals surface area contributed by atoms with Crippen molar-refractivity contribution in [2.75, 3.05) is 13.2 Å². The third-order valence-electron chi connectivity index (χ3n) is 0.264. The predicted molar refractivity (Wildman–Crippen MR) is 30.4 cm³/mol. The van der Waals surface area contributed by atoms with Crippen LogP contribution in [0.1, 0.15) is 0 Å². The van der Waals surface area contributed by atoms with Crippen molar-refractivity contribution in [1.82, 2.24) is 0 Å². The molecular formula is C4H9KO7. The molecule has 0 fully saturated rings. The topological polar surface area (TPSA) is 149 Å². The summed E-state index contributed by atoms with van der Waals surface area (Å²) in [6.45, 7) is -1.67. The second-order valence-electron chi connectivity index (χ2n) is 1.08. The molecule has 0 unspecified atom stereocenters. The SMILES string of the molecule is O.O=C(O)CO.O=C([O-])CO.[K+]. The molecule has 5 N–H and O–H groups in total. The summed E-state index contributed by atoms with van der Waals surface area (Å²) >= 11 is 0. The number of hydrogen-bond acceptors (Lipinski definition) is 5. The standard InChI is InChI=1S/2C2H4O3.K.H2O/c2*3-1-2(4)5;;/h2*3H,1H2,(H,4,5);;1H2/q;;+1;/p-1. The van der Waals surface area contributed by atoms with Crippen LogP contribution in [0.2, 0.25) is 0 Å². The van der Waals surface area contributed by atoms with Crippen LogP contribution in [0.3, 0.4) is 0 Å². The molecule has 0 amide bonds. The summed E-state index contributed by atoms with van der Waals surface area (Å²) < 4.78 is 0. The molecule has 0 heterocycles. The fourth-order valence-corrected chi connectivity index (χ4v) is 0. The normalized spacial score (nSPS) is 6.17. The molecule has 0 aromatic heterocycles. The fourth-order valence-electron chi connectivity index (χ4n) is 0. The van der Waals surface area contributed by atoms with Crippen LogP contribution in [0.5, 0.6) is 0 Å². The smallest absolute Gasteiger partial charge is 0.548 e. The Morgan fingerprint density at radius 1 is 1.17 bits per heavy atom. The van der Waals surface area contributed by atoms with Gasteiger partial charge in [0.15, 0.2) is 0 Å². The molecule has 7 nitrogen and oxygen atoms in total. The van der Waals surface area contributed by atoms with Gasteiger partial charge in [0.1, 0.15) is 6.61 Å². The maximum absolute atomic E-state index is 9.12. The van der Waals surface area contributed by atoms with Crippen LogP contribution in [0.4, 0.5) is 0 Å². The van der Waals surface area contributed by atoms with E-state index in [2.05, 4.69) is 0 Å². The molecule has 0 rings (SSSR count). The quantitative estimate of drug-likeness (QED) is 0.384. The number of aliphatic carboxylic acids is 2. The number of hydrogen-bond donors (Lipinski definition) is 3. The van der Waals surface area contributed by atoms with Gasteiger partial charge in [-0.25, -0.2) is 4.79 Å². The van der Waals surface area contributed by atoms with Crippen molar-refractivity contribution in [3.05, 3.63) is 0 Å². The summed E-state index contributed by atoms with van der Waals surface area (Å²) in [7, 11) is 0. The van der Waals surface area contributed by atoms with Crippen LogP contribution < -0.4 is 56.5 Å². The summed E-state index contributed by atoms with van der Waals surface area (Å²) in [5.74, 6) is -2.63. The van der Waals surface area contributed by atoms with Gasteiger partial charge in [-0.2, -0.15) is 0 Å². The van der Waals surface area contributed by atoms with E-state index >= 15 is 0 Å². The molecule has 0 saturated heterocycles. The molecule has 0 saturated carbocycles. The van der Waals surface area contributed by atoms with E-state index < -0.39 is 25.2 Å². The molecule has 12 heavy (non-hydrogen) atoms. The average molecular weight is 208 g/mol. The first-order chi connectivity index (χ1) is 4.54. The number of carboxylic acid groups (broad SMARTS) is 2. The Labute approximate surface area is 111 Å². The van der Waals surface area contributed by atoms with Crippen LogP contribution in [0.25, 0.3) is 0 Å². The number of carboxylic acids is 2. The fraction of sp³-hybridized carbons (Fsp3) is 0.500. The van der Waals surface area contributed by atoms with Gasteiger partial charge < -0.3 is 30.7 Å². The summed E-state index contributed by atoms with van der Waals surface area (Å²) in [5, 5.41) is 31.5. The number of carbonyl (C=O) groups excluding carboxylic acids is 1. The van der Waals surface area contributed by atoms with Gasteiger partial charge in [-0.15, -0.1) is 0 Å². The van der Waals surface area contributed by atoms with Gasteiger partial charge in [-0.05, 0) is 0 Å². The number of aliphatic hydroxyl groups is 2. The molecule has 8 heteroatoms. The molecule has 0 aliphatic rings. The van der Waals surface area contributed by atoms with Crippen molar-refractivity contribution in [2.45, 2.75) is 0 Å². The van der Waals surface area contributed by atoms with Gasteiger partial charge in [-0.1, -0.05) is 0 Å². The van der Waals surface area contributed by atoms with Crippen molar-refractivity contribution >= 4 is 11.9 Å². The maximum atomic E-state index is 9.12. The Balaban J connectivity index is -0.0000000457. The second-order valence-corrected chi connectivity index (χ2v) is 1.08. The molecule has 0 aliphatic heterocycles. The van der Waals surface area contributed by atoms with E-state index in [1.807, 2.05) is 0 Å². The minimum atomic E-state index is -1.44. The summed E-state index contributed by atoms with van der Waals surface area (Å²) in [6.07, 6.45) is 0. The zero-order valence-electron chi connectivity index (χ0n) is 6.48. The Morgan fingerprint density at radius 3 is 1.33 bits per heavy atom. The molecule has 0 radical (unpaired) electrons. The number of carbonyl (C=O) groups is 2. The van der Waals surface area contributed by atoms with Crippen molar-refractivity contribution in [3.8, 4) is 0 Å².